The summed E-state index contributed by atoms with van der Waals surface area (Å²) in [6, 6.07) is 24.1. The minimum absolute atomic E-state index is 0.111. The molecule has 3 amide bonds. The van der Waals surface area contributed by atoms with Crippen molar-refractivity contribution >= 4 is 45.4 Å². The van der Waals surface area contributed by atoms with Crippen molar-refractivity contribution in [2.45, 2.75) is 13.5 Å². The molecule has 2 heterocycles. The van der Waals surface area contributed by atoms with Gasteiger partial charge in [0.2, 0.25) is 5.91 Å². The van der Waals surface area contributed by atoms with Crippen LogP contribution in [0.1, 0.15) is 18.1 Å². The molecule has 0 saturated carbocycles. The fourth-order valence-corrected chi connectivity index (χ4v) is 4.17. The third kappa shape index (κ3) is 4.39. The lowest BCUT2D eigenvalue weighted by Crippen LogP contribution is -2.32. The Morgan fingerprint density at radius 3 is 2.40 bits per heavy atom. The number of hydrogen-bond donors (Lipinski definition) is 2. The molecule has 35 heavy (non-hydrogen) atoms. The third-order valence-electron chi connectivity index (χ3n) is 5.77. The van der Waals surface area contributed by atoms with Crippen molar-refractivity contribution in [3.63, 3.8) is 0 Å². The zero-order valence-electron chi connectivity index (χ0n) is 19.0. The van der Waals surface area contributed by atoms with Gasteiger partial charge in [0, 0.05) is 36.1 Å². The molecule has 0 unspecified atom stereocenters. The lowest BCUT2D eigenvalue weighted by atomic mass is 10.0. The Labute approximate surface area is 202 Å². The van der Waals surface area contributed by atoms with Crippen molar-refractivity contribution in [1.29, 1.82) is 0 Å². The van der Waals surface area contributed by atoms with Crippen LogP contribution in [0.15, 0.2) is 97.0 Å². The summed E-state index contributed by atoms with van der Waals surface area (Å²) in [5, 5.41) is 7.93. The quantitative estimate of drug-likeness (QED) is 0.409. The van der Waals surface area contributed by atoms with E-state index in [9.17, 15) is 14.4 Å². The predicted molar refractivity (Wildman–Crippen MR) is 135 cm³/mol. The zero-order valence-corrected chi connectivity index (χ0v) is 19.0. The van der Waals surface area contributed by atoms with Gasteiger partial charge >= 0.3 is 0 Å². The number of carbonyl (C=O) groups is 3. The van der Waals surface area contributed by atoms with E-state index in [1.165, 1.54) is 11.8 Å². The Balaban J connectivity index is 1.57. The van der Waals surface area contributed by atoms with Crippen LogP contribution in [0.3, 0.4) is 0 Å². The number of amides is 3. The number of benzene rings is 3. The Morgan fingerprint density at radius 2 is 1.66 bits per heavy atom. The summed E-state index contributed by atoms with van der Waals surface area (Å²) < 4.78 is 0. The largest absolute Gasteiger partial charge is 0.350 e. The van der Waals surface area contributed by atoms with Gasteiger partial charge in [-0.1, -0.05) is 54.6 Å². The highest BCUT2D eigenvalue weighted by molar-refractivity contribution is 6.36. The van der Waals surface area contributed by atoms with E-state index in [0.717, 1.165) is 22.0 Å². The summed E-state index contributed by atoms with van der Waals surface area (Å²) in [5.41, 5.74) is 3.16. The molecule has 0 atom stereocenters. The number of hydrogen-bond acceptors (Lipinski definition) is 5. The number of carbonyl (C=O) groups excluding carboxylic acids is 3. The topological polar surface area (TPSA) is 91.4 Å². The maximum absolute atomic E-state index is 13.6. The van der Waals surface area contributed by atoms with E-state index in [0.29, 0.717) is 11.3 Å². The van der Waals surface area contributed by atoms with E-state index < -0.39 is 11.8 Å². The average Bonchev–Trinajstić information content (AvgIpc) is 3.09. The van der Waals surface area contributed by atoms with E-state index in [1.807, 2.05) is 48.5 Å². The summed E-state index contributed by atoms with van der Waals surface area (Å²) in [6.07, 6.45) is 3.28. The van der Waals surface area contributed by atoms with Gasteiger partial charge in [0.25, 0.3) is 11.8 Å². The van der Waals surface area contributed by atoms with Gasteiger partial charge in [-0.05, 0) is 40.8 Å². The summed E-state index contributed by atoms with van der Waals surface area (Å²) in [7, 11) is 0. The summed E-state index contributed by atoms with van der Waals surface area (Å²) >= 11 is 0. The van der Waals surface area contributed by atoms with Gasteiger partial charge in [0.1, 0.15) is 5.70 Å². The molecule has 0 aliphatic carbocycles. The number of aromatic nitrogens is 1. The Kier molecular flexibility index (Phi) is 5.81. The van der Waals surface area contributed by atoms with Crippen molar-refractivity contribution in [3.05, 3.63) is 108 Å². The Morgan fingerprint density at radius 1 is 0.886 bits per heavy atom. The monoisotopic (exact) mass is 462 g/mol. The van der Waals surface area contributed by atoms with Crippen molar-refractivity contribution in [2.24, 2.45) is 0 Å². The number of fused-ring (bicyclic) bond motifs is 1. The lowest BCUT2D eigenvalue weighted by molar-refractivity contribution is -0.137. The third-order valence-corrected chi connectivity index (χ3v) is 5.77. The first-order valence-corrected chi connectivity index (χ1v) is 11.1. The highest BCUT2D eigenvalue weighted by atomic mass is 16.2. The van der Waals surface area contributed by atoms with Crippen LogP contribution < -0.4 is 10.6 Å². The molecule has 0 saturated heterocycles. The minimum Gasteiger partial charge on any atom is -0.350 e. The molecule has 7 heteroatoms. The highest BCUT2D eigenvalue weighted by Crippen LogP contribution is 2.34. The maximum atomic E-state index is 13.6. The first-order chi connectivity index (χ1) is 17.0. The van der Waals surface area contributed by atoms with Gasteiger partial charge in [0.05, 0.1) is 12.1 Å². The number of pyridine rings is 1. The fourth-order valence-electron chi connectivity index (χ4n) is 4.17. The van der Waals surface area contributed by atoms with Crippen LogP contribution in [0.25, 0.3) is 16.3 Å². The number of imide groups is 1. The molecule has 0 spiro atoms. The molecular weight excluding hydrogens is 440 g/mol. The SMILES string of the molecule is CC(=O)Nc1ccc(C2=C(Nc3cccc4ccccc34)C(=O)N(Cc3cccnc3)C2=O)cc1. The fraction of sp³-hybridized carbons (Fsp3) is 0.0714. The molecule has 0 fully saturated rings. The van der Waals surface area contributed by atoms with Crippen LogP contribution in [-0.2, 0) is 20.9 Å². The van der Waals surface area contributed by atoms with E-state index >= 15 is 0 Å². The lowest BCUT2D eigenvalue weighted by Gasteiger charge is -2.15. The molecule has 2 N–H and O–H groups in total. The predicted octanol–water partition coefficient (Wildman–Crippen LogP) is 4.59. The van der Waals surface area contributed by atoms with Crippen LogP contribution >= 0.6 is 0 Å². The van der Waals surface area contributed by atoms with Gasteiger partial charge < -0.3 is 10.6 Å². The second-order valence-electron chi connectivity index (χ2n) is 8.22. The molecule has 5 rings (SSSR count). The van der Waals surface area contributed by atoms with Crippen LogP contribution in [0.2, 0.25) is 0 Å². The molecule has 0 bridgehead atoms. The van der Waals surface area contributed by atoms with E-state index in [1.54, 1.807) is 42.7 Å². The van der Waals surface area contributed by atoms with Crippen molar-refractivity contribution in [3.8, 4) is 0 Å². The zero-order chi connectivity index (χ0) is 24.4. The van der Waals surface area contributed by atoms with E-state index in [-0.39, 0.29) is 23.7 Å². The van der Waals surface area contributed by atoms with E-state index in [4.69, 9.17) is 0 Å². The summed E-state index contributed by atoms with van der Waals surface area (Å²) in [5.74, 6) is -0.994. The molecule has 1 aliphatic heterocycles. The molecule has 1 aromatic heterocycles. The second kappa shape index (κ2) is 9.23. The molecular formula is C28H22N4O3. The van der Waals surface area contributed by atoms with E-state index in [2.05, 4.69) is 15.6 Å². The Bertz CT molecular complexity index is 1470. The normalized spacial score (nSPS) is 13.5. The first-order valence-electron chi connectivity index (χ1n) is 11.1. The van der Waals surface area contributed by atoms with Gasteiger partial charge in [0.15, 0.2) is 0 Å². The molecule has 3 aromatic carbocycles. The van der Waals surface area contributed by atoms with Gasteiger partial charge in [-0.15, -0.1) is 0 Å². The molecule has 4 aromatic rings. The van der Waals surface area contributed by atoms with Crippen LogP contribution in [0, 0.1) is 0 Å². The van der Waals surface area contributed by atoms with Gasteiger partial charge in [-0.25, -0.2) is 0 Å². The van der Waals surface area contributed by atoms with Crippen molar-refractivity contribution in [1.82, 2.24) is 9.88 Å². The van der Waals surface area contributed by atoms with Crippen LogP contribution in [0.5, 0.6) is 0 Å². The standard InChI is InChI=1S/C28H22N4O3/c1-18(33)30-22-13-11-21(12-14-22)25-26(31-24-10-4-8-20-7-2-3-9-23(20)24)28(35)32(27(25)34)17-19-6-5-15-29-16-19/h2-16,31H,17H2,1H3,(H,30,33). The Hall–Kier alpha value is -4.78. The maximum Gasteiger partial charge on any atom is 0.278 e. The molecule has 0 radical (unpaired) electrons. The first kappa shape index (κ1) is 22.0. The second-order valence-corrected chi connectivity index (χ2v) is 8.22. The highest BCUT2D eigenvalue weighted by Gasteiger charge is 2.39. The number of nitrogens with zero attached hydrogens (tertiary/aromatic N) is 2. The van der Waals surface area contributed by atoms with Gasteiger partial charge in [-0.2, -0.15) is 0 Å². The minimum atomic E-state index is -0.410. The molecule has 172 valence electrons. The summed E-state index contributed by atoms with van der Waals surface area (Å²) in [6.45, 7) is 1.54. The number of rotatable bonds is 6. The number of anilines is 2. The average molecular weight is 463 g/mol. The van der Waals surface area contributed by atoms with Gasteiger partial charge in [-0.3, -0.25) is 24.3 Å². The van der Waals surface area contributed by atoms with Crippen molar-refractivity contribution in [2.75, 3.05) is 10.6 Å². The summed E-state index contributed by atoms with van der Waals surface area (Å²) in [4.78, 5) is 43.8. The number of nitrogens with one attached hydrogen (secondary N) is 2. The molecule has 1 aliphatic rings. The molecule has 7 nitrogen and oxygen atoms in total. The van der Waals surface area contributed by atoms with Crippen LogP contribution in [-0.4, -0.2) is 27.6 Å². The van der Waals surface area contributed by atoms with Crippen molar-refractivity contribution < 1.29 is 14.4 Å². The smallest absolute Gasteiger partial charge is 0.278 e. The van der Waals surface area contributed by atoms with Crippen LogP contribution in [0.4, 0.5) is 11.4 Å².